The third-order valence-electron chi connectivity index (χ3n) is 4.68. The molecule has 2 heterocycles. The summed E-state index contributed by atoms with van der Waals surface area (Å²) in [5.41, 5.74) is 0.992. The van der Waals surface area contributed by atoms with Crippen LogP contribution in [0.5, 0.6) is 11.8 Å². The van der Waals surface area contributed by atoms with Crippen LogP contribution in [0.1, 0.15) is 12.8 Å². The molecule has 32 heavy (non-hydrogen) atoms. The van der Waals surface area contributed by atoms with Crippen molar-refractivity contribution in [3.05, 3.63) is 59.4 Å². The molecule has 0 aliphatic carbocycles. The van der Waals surface area contributed by atoms with Gasteiger partial charge in [0, 0.05) is 30.5 Å². The Morgan fingerprint density at radius 1 is 1.03 bits per heavy atom. The van der Waals surface area contributed by atoms with Gasteiger partial charge in [-0.05, 0) is 55.3 Å². The van der Waals surface area contributed by atoms with Crippen molar-refractivity contribution in [1.82, 2.24) is 9.97 Å². The first kappa shape index (κ1) is 22.1. The van der Waals surface area contributed by atoms with Crippen molar-refractivity contribution in [2.45, 2.75) is 12.8 Å². The van der Waals surface area contributed by atoms with Crippen LogP contribution in [0.4, 0.5) is 27.4 Å². The van der Waals surface area contributed by atoms with Crippen molar-refractivity contribution in [3.63, 3.8) is 0 Å². The maximum absolute atomic E-state index is 13.5. The molecule has 0 radical (unpaired) electrons. The summed E-state index contributed by atoms with van der Waals surface area (Å²) in [7, 11) is -3.37. The molecule has 1 aromatic heterocycles. The predicted octanol–water partition coefficient (Wildman–Crippen LogP) is 4.78. The van der Waals surface area contributed by atoms with Gasteiger partial charge in [0.15, 0.2) is 0 Å². The van der Waals surface area contributed by atoms with E-state index in [4.69, 9.17) is 16.3 Å². The molecule has 168 valence electrons. The maximum Gasteiger partial charge on any atom is 0.325 e. The molecule has 0 unspecified atom stereocenters. The fraction of sp³-hybridized carbons (Fsp3) is 0.238. The smallest absolute Gasteiger partial charge is 0.325 e. The van der Waals surface area contributed by atoms with E-state index in [1.165, 1.54) is 12.1 Å². The Kier molecular flexibility index (Phi) is 6.33. The largest absolute Gasteiger partial charge is 0.424 e. The van der Waals surface area contributed by atoms with Gasteiger partial charge < -0.3 is 15.0 Å². The highest BCUT2D eigenvalue weighted by molar-refractivity contribution is 7.92. The number of anilines is 4. The summed E-state index contributed by atoms with van der Waals surface area (Å²) in [6.45, 7) is 1.76. The van der Waals surface area contributed by atoms with Crippen LogP contribution in [-0.2, 0) is 10.0 Å². The van der Waals surface area contributed by atoms with Gasteiger partial charge in [0.25, 0.3) is 0 Å². The molecular formula is C21H21ClFN5O3S. The standard InChI is InChI=1S/C21H21ClFN5O3S/c1-32(29,30)27-14-4-7-16(8-5-14)31-21-25-19(13-20(26-21)28-10-2-3-11-28)24-15-6-9-18(23)17(22)12-15/h4-9,12-13,27H,2-3,10-11H2,1H3,(H,24,25,26). The average molecular weight is 478 g/mol. The molecule has 2 N–H and O–H groups in total. The quantitative estimate of drug-likeness (QED) is 0.505. The Bertz CT molecular complexity index is 1220. The van der Waals surface area contributed by atoms with Crippen molar-refractivity contribution in [2.75, 3.05) is 34.3 Å². The monoisotopic (exact) mass is 477 g/mol. The molecule has 4 rings (SSSR count). The number of sulfonamides is 1. The van der Waals surface area contributed by atoms with E-state index in [0.29, 0.717) is 28.8 Å². The minimum Gasteiger partial charge on any atom is -0.424 e. The molecular weight excluding hydrogens is 457 g/mol. The second-order valence-electron chi connectivity index (χ2n) is 7.34. The second kappa shape index (κ2) is 9.17. The lowest BCUT2D eigenvalue weighted by Crippen LogP contribution is -2.19. The summed E-state index contributed by atoms with van der Waals surface area (Å²) in [5, 5.41) is 3.11. The molecule has 0 bridgehead atoms. The topological polar surface area (TPSA) is 96.5 Å². The Morgan fingerprint density at radius 3 is 2.38 bits per heavy atom. The lowest BCUT2D eigenvalue weighted by molar-refractivity contribution is 0.442. The van der Waals surface area contributed by atoms with Crippen LogP contribution < -0.4 is 19.7 Å². The molecule has 1 saturated heterocycles. The van der Waals surface area contributed by atoms with Crippen molar-refractivity contribution in [3.8, 4) is 11.8 Å². The first-order chi connectivity index (χ1) is 15.2. The summed E-state index contributed by atoms with van der Waals surface area (Å²) in [6, 6.07) is 12.6. The molecule has 0 saturated carbocycles. The van der Waals surface area contributed by atoms with Crippen LogP contribution in [0, 0.1) is 5.82 Å². The van der Waals surface area contributed by atoms with Crippen LogP contribution in [0.25, 0.3) is 0 Å². The minimum atomic E-state index is -3.37. The molecule has 0 amide bonds. The van der Waals surface area contributed by atoms with Gasteiger partial charge in [0.05, 0.1) is 11.3 Å². The van der Waals surface area contributed by atoms with E-state index >= 15 is 0 Å². The molecule has 0 atom stereocenters. The molecule has 2 aromatic carbocycles. The van der Waals surface area contributed by atoms with Gasteiger partial charge in [0.2, 0.25) is 10.0 Å². The lowest BCUT2D eigenvalue weighted by atomic mass is 10.3. The number of hydrogen-bond donors (Lipinski definition) is 2. The van der Waals surface area contributed by atoms with Gasteiger partial charge >= 0.3 is 6.01 Å². The summed E-state index contributed by atoms with van der Waals surface area (Å²) in [5.74, 6) is 1.11. The Morgan fingerprint density at radius 2 is 1.72 bits per heavy atom. The third kappa shape index (κ3) is 5.77. The second-order valence-corrected chi connectivity index (χ2v) is 9.50. The van der Waals surface area contributed by atoms with Crippen molar-refractivity contribution < 1.29 is 17.5 Å². The minimum absolute atomic E-state index is 0.00286. The summed E-state index contributed by atoms with van der Waals surface area (Å²) in [4.78, 5) is 11.1. The summed E-state index contributed by atoms with van der Waals surface area (Å²) < 4.78 is 44.4. The number of halogens is 2. The first-order valence-electron chi connectivity index (χ1n) is 9.87. The molecule has 1 aliphatic rings. The van der Waals surface area contributed by atoms with Gasteiger partial charge in [-0.3, -0.25) is 4.72 Å². The van der Waals surface area contributed by atoms with Crippen LogP contribution in [0.2, 0.25) is 5.02 Å². The van der Waals surface area contributed by atoms with Gasteiger partial charge in [0.1, 0.15) is 23.2 Å². The van der Waals surface area contributed by atoms with E-state index in [9.17, 15) is 12.8 Å². The summed E-state index contributed by atoms with van der Waals surface area (Å²) >= 11 is 5.88. The first-order valence-corrected chi connectivity index (χ1v) is 12.1. The Balaban J connectivity index is 1.59. The van der Waals surface area contributed by atoms with E-state index in [1.54, 1.807) is 36.4 Å². The number of nitrogens with zero attached hydrogens (tertiary/aromatic N) is 3. The van der Waals surface area contributed by atoms with E-state index in [2.05, 4.69) is 24.9 Å². The number of hydrogen-bond acceptors (Lipinski definition) is 7. The molecule has 3 aromatic rings. The van der Waals surface area contributed by atoms with Gasteiger partial charge in [-0.15, -0.1) is 0 Å². The number of rotatable bonds is 7. The lowest BCUT2D eigenvalue weighted by Gasteiger charge is -2.18. The van der Waals surface area contributed by atoms with Crippen molar-refractivity contribution in [2.24, 2.45) is 0 Å². The van der Waals surface area contributed by atoms with Crippen LogP contribution >= 0.6 is 11.6 Å². The SMILES string of the molecule is CS(=O)(=O)Nc1ccc(Oc2nc(Nc3ccc(F)c(Cl)c3)cc(N3CCCC3)n2)cc1. The average Bonchev–Trinajstić information content (AvgIpc) is 3.26. The van der Waals surface area contributed by atoms with E-state index in [-0.39, 0.29) is 11.0 Å². The highest BCUT2D eigenvalue weighted by Crippen LogP contribution is 2.29. The molecule has 11 heteroatoms. The zero-order chi connectivity index (χ0) is 22.7. The van der Waals surface area contributed by atoms with Crippen LogP contribution in [-0.4, -0.2) is 37.7 Å². The van der Waals surface area contributed by atoms with Crippen LogP contribution in [0.3, 0.4) is 0 Å². The van der Waals surface area contributed by atoms with E-state index < -0.39 is 15.8 Å². The maximum atomic E-state index is 13.5. The number of nitrogens with one attached hydrogen (secondary N) is 2. The van der Waals surface area contributed by atoms with E-state index in [1.807, 2.05) is 0 Å². The van der Waals surface area contributed by atoms with Crippen LogP contribution in [0.15, 0.2) is 48.5 Å². The zero-order valence-corrected chi connectivity index (χ0v) is 18.8. The van der Waals surface area contributed by atoms with Gasteiger partial charge in [-0.25, -0.2) is 12.8 Å². The number of benzene rings is 2. The zero-order valence-electron chi connectivity index (χ0n) is 17.2. The number of aromatic nitrogens is 2. The van der Waals surface area contributed by atoms with Crippen molar-refractivity contribution in [1.29, 1.82) is 0 Å². The highest BCUT2D eigenvalue weighted by atomic mass is 35.5. The predicted molar refractivity (Wildman–Crippen MR) is 123 cm³/mol. The van der Waals surface area contributed by atoms with Gasteiger partial charge in [-0.1, -0.05) is 11.6 Å². The molecule has 0 spiro atoms. The van der Waals surface area contributed by atoms with E-state index in [0.717, 1.165) is 32.2 Å². The molecule has 1 aliphatic heterocycles. The molecule has 1 fully saturated rings. The molecule has 8 nitrogen and oxygen atoms in total. The number of ether oxygens (including phenoxy) is 1. The fourth-order valence-electron chi connectivity index (χ4n) is 3.26. The normalized spacial score (nSPS) is 13.8. The van der Waals surface area contributed by atoms with Crippen molar-refractivity contribution >= 4 is 44.6 Å². The van der Waals surface area contributed by atoms with Gasteiger partial charge in [-0.2, -0.15) is 9.97 Å². The highest BCUT2D eigenvalue weighted by Gasteiger charge is 2.17. The Labute approximate surface area is 190 Å². The summed E-state index contributed by atoms with van der Waals surface area (Å²) in [6.07, 6.45) is 3.23. The Hall–Kier alpha value is -3.11. The fourth-order valence-corrected chi connectivity index (χ4v) is 4.01. The third-order valence-corrected chi connectivity index (χ3v) is 5.58.